The molecule has 0 heterocycles. The van der Waals surface area contributed by atoms with Gasteiger partial charge in [0.2, 0.25) is 0 Å². The topological polar surface area (TPSA) is 26.3 Å². The SMILES string of the molecule is CC/C(=C\C=C(/C)Cl)COc1ccc(C=O)cc1F. The fraction of sp³-hybridized carbons (Fsp3) is 0.267. The van der Waals surface area contributed by atoms with E-state index in [0.29, 0.717) is 11.3 Å². The molecule has 0 bridgehead atoms. The number of benzene rings is 1. The lowest BCUT2D eigenvalue weighted by molar-refractivity contribution is 0.112. The number of halogens is 2. The molecule has 19 heavy (non-hydrogen) atoms. The molecule has 4 heteroatoms. The second-order valence-electron chi connectivity index (χ2n) is 4.03. The molecule has 0 atom stereocenters. The minimum Gasteiger partial charge on any atom is -0.486 e. The van der Waals surface area contributed by atoms with Crippen LogP contribution in [0.5, 0.6) is 5.75 Å². The molecule has 0 unspecified atom stereocenters. The molecule has 1 aromatic carbocycles. The van der Waals surface area contributed by atoms with Crippen molar-refractivity contribution in [3.8, 4) is 5.75 Å². The van der Waals surface area contributed by atoms with Crippen LogP contribution in [0.1, 0.15) is 30.6 Å². The summed E-state index contributed by atoms with van der Waals surface area (Å²) in [7, 11) is 0. The van der Waals surface area contributed by atoms with Crippen molar-refractivity contribution in [2.24, 2.45) is 0 Å². The van der Waals surface area contributed by atoms with Crippen molar-refractivity contribution in [3.63, 3.8) is 0 Å². The number of aldehydes is 1. The Labute approximate surface area is 117 Å². The maximum atomic E-state index is 13.6. The largest absolute Gasteiger partial charge is 0.486 e. The van der Waals surface area contributed by atoms with Crippen molar-refractivity contribution in [1.29, 1.82) is 0 Å². The Morgan fingerprint density at radius 2 is 2.16 bits per heavy atom. The van der Waals surface area contributed by atoms with Gasteiger partial charge in [0.15, 0.2) is 11.6 Å². The Bertz CT molecular complexity index is 503. The maximum absolute atomic E-state index is 13.6. The first kappa shape index (κ1) is 15.4. The molecule has 0 aliphatic heterocycles. The van der Waals surface area contributed by atoms with Gasteiger partial charge in [0.1, 0.15) is 12.9 Å². The first-order chi connectivity index (χ1) is 9.06. The minimum absolute atomic E-state index is 0.136. The zero-order valence-electron chi connectivity index (χ0n) is 11.0. The molecular formula is C15H16ClFO2. The highest BCUT2D eigenvalue weighted by atomic mass is 35.5. The Kier molecular flexibility index (Phi) is 6.30. The van der Waals surface area contributed by atoms with E-state index in [1.165, 1.54) is 12.1 Å². The number of rotatable bonds is 6. The predicted molar refractivity (Wildman–Crippen MR) is 75.3 cm³/mol. The van der Waals surface area contributed by atoms with Gasteiger partial charge in [-0.3, -0.25) is 4.79 Å². The zero-order chi connectivity index (χ0) is 14.3. The van der Waals surface area contributed by atoms with Gasteiger partial charge in [0, 0.05) is 10.6 Å². The number of allylic oxidation sites excluding steroid dienone is 3. The lowest BCUT2D eigenvalue weighted by Gasteiger charge is -2.09. The van der Waals surface area contributed by atoms with Gasteiger partial charge in [0.05, 0.1) is 0 Å². The molecule has 0 radical (unpaired) electrons. The highest BCUT2D eigenvalue weighted by Gasteiger charge is 2.05. The number of hydrogen-bond acceptors (Lipinski definition) is 2. The van der Waals surface area contributed by atoms with Gasteiger partial charge < -0.3 is 4.74 Å². The first-order valence-electron chi connectivity index (χ1n) is 5.96. The van der Waals surface area contributed by atoms with Crippen molar-refractivity contribution < 1.29 is 13.9 Å². The summed E-state index contributed by atoms with van der Waals surface area (Å²) in [6.45, 7) is 4.05. The van der Waals surface area contributed by atoms with Gasteiger partial charge in [0.25, 0.3) is 0 Å². The Hall–Kier alpha value is -1.61. The van der Waals surface area contributed by atoms with E-state index in [9.17, 15) is 9.18 Å². The number of carbonyl (C=O) groups is 1. The van der Waals surface area contributed by atoms with E-state index in [1.807, 2.05) is 13.0 Å². The Morgan fingerprint density at radius 1 is 1.42 bits per heavy atom. The summed E-state index contributed by atoms with van der Waals surface area (Å²) in [6, 6.07) is 4.12. The van der Waals surface area contributed by atoms with E-state index in [2.05, 4.69) is 0 Å². The van der Waals surface area contributed by atoms with Crippen molar-refractivity contribution in [2.75, 3.05) is 6.61 Å². The van der Waals surface area contributed by atoms with Crippen LogP contribution < -0.4 is 4.74 Å². The summed E-state index contributed by atoms with van der Waals surface area (Å²) >= 11 is 5.74. The van der Waals surface area contributed by atoms with E-state index in [1.54, 1.807) is 13.0 Å². The average Bonchev–Trinajstić information content (AvgIpc) is 2.39. The molecule has 0 aliphatic carbocycles. The molecule has 0 saturated carbocycles. The Balaban J connectivity index is 2.72. The van der Waals surface area contributed by atoms with Crippen LogP contribution in [0.4, 0.5) is 4.39 Å². The average molecular weight is 283 g/mol. The van der Waals surface area contributed by atoms with Crippen molar-refractivity contribution in [1.82, 2.24) is 0 Å². The van der Waals surface area contributed by atoms with Crippen LogP contribution in [-0.4, -0.2) is 12.9 Å². The second kappa shape index (κ2) is 7.74. The van der Waals surface area contributed by atoms with E-state index in [4.69, 9.17) is 16.3 Å². The molecule has 102 valence electrons. The van der Waals surface area contributed by atoms with Gasteiger partial charge in [-0.1, -0.05) is 24.6 Å². The summed E-state index contributed by atoms with van der Waals surface area (Å²) in [5.74, 6) is -0.402. The second-order valence-corrected chi connectivity index (χ2v) is 4.62. The third kappa shape index (κ3) is 5.26. The van der Waals surface area contributed by atoms with Crippen LogP contribution in [0.15, 0.2) is 41.0 Å². The van der Waals surface area contributed by atoms with Gasteiger partial charge in [-0.2, -0.15) is 0 Å². The Morgan fingerprint density at radius 3 is 2.68 bits per heavy atom. The predicted octanol–water partition coefficient (Wildman–Crippen LogP) is 4.50. The van der Waals surface area contributed by atoms with Gasteiger partial charge >= 0.3 is 0 Å². The van der Waals surface area contributed by atoms with Crippen LogP contribution in [-0.2, 0) is 0 Å². The van der Waals surface area contributed by atoms with Crippen LogP contribution >= 0.6 is 11.6 Å². The molecule has 0 aromatic heterocycles. The molecule has 2 nitrogen and oxygen atoms in total. The van der Waals surface area contributed by atoms with E-state index < -0.39 is 5.82 Å². The molecule has 0 fully saturated rings. The van der Waals surface area contributed by atoms with Gasteiger partial charge in [-0.05, 0) is 43.2 Å². The monoisotopic (exact) mass is 282 g/mol. The zero-order valence-corrected chi connectivity index (χ0v) is 11.7. The third-order valence-electron chi connectivity index (χ3n) is 2.51. The quantitative estimate of drug-likeness (QED) is 0.567. The first-order valence-corrected chi connectivity index (χ1v) is 6.34. The summed E-state index contributed by atoms with van der Waals surface area (Å²) in [5.41, 5.74) is 1.29. The molecule has 0 spiro atoms. The summed E-state index contributed by atoms with van der Waals surface area (Å²) < 4.78 is 19.0. The number of carbonyl (C=O) groups excluding carboxylic acids is 1. The van der Waals surface area contributed by atoms with E-state index in [0.717, 1.165) is 18.1 Å². The van der Waals surface area contributed by atoms with Crippen LogP contribution in [0, 0.1) is 5.82 Å². The van der Waals surface area contributed by atoms with E-state index in [-0.39, 0.29) is 17.9 Å². The van der Waals surface area contributed by atoms with Crippen LogP contribution in [0.3, 0.4) is 0 Å². The van der Waals surface area contributed by atoms with Crippen LogP contribution in [0.25, 0.3) is 0 Å². The molecule has 0 saturated heterocycles. The molecule has 1 rings (SSSR count). The lowest BCUT2D eigenvalue weighted by atomic mass is 10.2. The smallest absolute Gasteiger partial charge is 0.165 e. The fourth-order valence-corrected chi connectivity index (χ4v) is 1.44. The number of hydrogen-bond donors (Lipinski definition) is 0. The standard InChI is InChI=1S/C15H16ClFO2/c1-3-12(5-4-11(2)16)10-19-15-7-6-13(9-18)8-14(15)17/h4-9H,3,10H2,1-2H3/b11-4+,12-5+. The molecule has 0 N–H and O–H groups in total. The van der Waals surface area contributed by atoms with E-state index >= 15 is 0 Å². The summed E-state index contributed by atoms with van der Waals surface area (Å²) in [4.78, 5) is 10.5. The molecule has 0 amide bonds. The molecule has 0 aliphatic rings. The van der Waals surface area contributed by atoms with Crippen molar-refractivity contribution >= 4 is 17.9 Å². The van der Waals surface area contributed by atoms with Crippen molar-refractivity contribution in [2.45, 2.75) is 20.3 Å². The fourth-order valence-electron chi connectivity index (χ4n) is 1.38. The third-order valence-corrected chi connectivity index (χ3v) is 2.63. The molecule has 1 aromatic rings. The summed E-state index contributed by atoms with van der Waals surface area (Å²) in [5, 5.41) is 0.674. The normalized spacial score (nSPS) is 12.4. The summed E-state index contributed by atoms with van der Waals surface area (Å²) in [6.07, 6.45) is 5.02. The lowest BCUT2D eigenvalue weighted by Crippen LogP contribution is -2.02. The highest BCUT2D eigenvalue weighted by molar-refractivity contribution is 6.29. The van der Waals surface area contributed by atoms with Crippen molar-refractivity contribution in [3.05, 3.63) is 52.3 Å². The minimum atomic E-state index is -0.538. The highest BCUT2D eigenvalue weighted by Crippen LogP contribution is 2.19. The van der Waals surface area contributed by atoms with Crippen LogP contribution in [0.2, 0.25) is 0 Å². The van der Waals surface area contributed by atoms with Gasteiger partial charge in [-0.15, -0.1) is 0 Å². The maximum Gasteiger partial charge on any atom is 0.165 e. The molecular weight excluding hydrogens is 267 g/mol. The number of ether oxygens (including phenoxy) is 1. The van der Waals surface area contributed by atoms with Gasteiger partial charge in [-0.25, -0.2) is 4.39 Å².